The number of halogens is 1. The Labute approximate surface area is 102 Å². The Bertz CT molecular complexity index is 524. The summed E-state index contributed by atoms with van der Waals surface area (Å²) in [7, 11) is 0. The van der Waals surface area contributed by atoms with Gasteiger partial charge in [-0.3, -0.25) is 4.79 Å². The first-order valence-corrected chi connectivity index (χ1v) is 5.90. The van der Waals surface area contributed by atoms with Crippen LogP contribution in [0.1, 0.15) is 5.69 Å². The minimum Gasteiger partial charge on any atom is -0.369 e. The maximum absolute atomic E-state index is 10.7. The zero-order valence-corrected chi connectivity index (χ0v) is 9.89. The smallest absolute Gasteiger partial charge is 0.223 e. The maximum Gasteiger partial charge on any atom is 0.223 e. The summed E-state index contributed by atoms with van der Waals surface area (Å²) in [6, 6.07) is 7.47. The molecule has 1 amide bonds. The molecule has 0 atom stereocenters. The third-order valence-corrected chi connectivity index (χ3v) is 3.27. The molecule has 0 bridgehead atoms. The molecule has 0 fully saturated rings. The van der Waals surface area contributed by atoms with Crippen molar-refractivity contribution in [2.45, 2.75) is 6.42 Å². The highest BCUT2D eigenvalue weighted by atomic mass is 35.5. The third-order valence-electron chi connectivity index (χ3n) is 2.01. The predicted octanol–water partition coefficient (Wildman–Crippen LogP) is 2.49. The standard InChI is InChI=1S/C11H9ClN2OS/c12-9-4-2-1-3-8(9)11-14-7(6-16-11)5-10(13)15/h1-4,6H,5H2,(H2,13,15). The number of hydrogen-bond donors (Lipinski definition) is 1. The number of carbonyl (C=O) groups excluding carboxylic acids is 1. The lowest BCUT2D eigenvalue weighted by atomic mass is 10.2. The van der Waals surface area contributed by atoms with Crippen molar-refractivity contribution in [3.8, 4) is 10.6 Å². The van der Waals surface area contributed by atoms with E-state index in [1.54, 1.807) is 0 Å². The number of thiazole rings is 1. The first-order chi connectivity index (χ1) is 7.66. The van der Waals surface area contributed by atoms with Crippen LogP contribution in [0.4, 0.5) is 0 Å². The molecule has 0 unspecified atom stereocenters. The fraction of sp³-hybridized carbons (Fsp3) is 0.0909. The Balaban J connectivity index is 2.32. The van der Waals surface area contributed by atoms with Gasteiger partial charge in [-0.2, -0.15) is 0 Å². The highest BCUT2D eigenvalue weighted by Gasteiger charge is 2.09. The van der Waals surface area contributed by atoms with Gasteiger partial charge >= 0.3 is 0 Å². The summed E-state index contributed by atoms with van der Waals surface area (Å²) in [5, 5.41) is 3.29. The Morgan fingerprint density at radius 2 is 2.19 bits per heavy atom. The van der Waals surface area contributed by atoms with Crippen molar-refractivity contribution in [2.75, 3.05) is 0 Å². The van der Waals surface area contributed by atoms with E-state index in [2.05, 4.69) is 4.98 Å². The minimum absolute atomic E-state index is 0.168. The lowest BCUT2D eigenvalue weighted by Gasteiger charge is -1.98. The van der Waals surface area contributed by atoms with Crippen LogP contribution in [0, 0.1) is 0 Å². The van der Waals surface area contributed by atoms with Crippen LogP contribution >= 0.6 is 22.9 Å². The molecule has 0 saturated carbocycles. The summed E-state index contributed by atoms with van der Waals surface area (Å²) >= 11 is 7.50. The predicted molar refractivity (Wildman–Crippen MR) is 65.5 cm³/mol. The van der Waals surface area contributed by atoms with Crippen LogP contribution in [-0.4, -0.2) is 10.9 Å². The molecule has 1 aromatic carbocycles. The molecule has 82 valence electrons. The molecule has 0 spiro atoms. The number of nitrogens with two attached hydrogens (primary N) is 1. The first-order valence-electron chi connectivity index (χ1n) is 4.64. The summed E-state index contributed by atoms with van der Waals surface area (Å²) in [6.45, 7) is 0. The van der Waals surface area contributed by atoms with Crippen molar-refractivity contribution >= 4 is 28.8 Å². The number of carbonyl (C=O) groups is 1. The molecule has 2 rings (SSSR count). The Morgan fingerprint density at radius 1 is 1.44 bits per heavy atom. The number of rotatable bonds is 3. The molecule has 0 aliphatic carbocycles. The molecule has 1 heterocycles. The van der Waals surface area contributed by atoms with Crippen LogP contribution in [0.25, 0.3) is 10.6 Å². The summed E-state index contributed by atoms with van der Waals surface area (Å²) in [5.74, 6) is -0.379. The summed E-state index contributed by atoms with van der Waals surface area (Å²) in [6.07, 6.45) is 0.168. The number of primary amides is 1. The van der Waals surface area contributed by atoms with Gasteiger partial charge in [0.25, 0.3) is 0 Å². The molecule has 0 saturated heterocycles. The molecule has 0 aliphatic rings. The fourth-order valence-corrected chi connectivity index (χ4v) is 2.46. The van der Waals surface area contributed by atoms with Gasteiger partial charge in [0.2, 0.25) is 5.91 Å². The summed E-state index contributed by atoms with van der Waals surface area (Å²) in [5.41, 5.74) is 6.67. The van der Waals surface area contributed by atoms with Crippen LogP contribution in [0.2, 0.25) is 5.02 Å². The highest BCUT2D eigenvalue weighted by Crippen LogP contribution is 2.29. The van der Waals surface area contributed by atoms with Crippen molar-refractivity contribution < 1.29 is 4.79 Å². The van der Waals surface area contributed by atoms with E-state index in [0.29, 0.717) is 10.7 Å². The number of amides is 1. The molecular weight excluding hydrogens is 244 g/mol. The number of nitrogens with zero attached hydrogens (tertiary/aromatic N) is 1. The number of aromatic nitrogens is 1. The SMILES string of the molecule is NC(=O)Cc1csc(-c2ccccc2Cl)n1. The third kappa shape index (κ3) is 2.40. The van der Waals surface area contributed by atoms with Gasteiger partial charge in [-0.1, -0.05) is 29.8 Å². The average Bonchev–Trinajstić information content (AvgIpc) is 2.66. The van der Waals surface area contributed by atoms with E-state index in [1.165, 1.54) is 11.3 Å². The summed E-state index contributed by atoms with van der Waals surface area (Å²) in [4.78, 5) is 15.1. The number of benzene rings is 1. The fourth-order valence-electron chi connectivity index (χ4n) is 1.33. The Hall–Kier alpha value is -1.39. The zero-order chi connectivity index (χ0) is 11.5. The molecule has 16 heavy (non-hydrogen) atoms. The molecule has 0 aliphatic heterocycles. The molecule has 2 N–H and O–H groups in total. The largest absolute Gasteiger partial charge is 0.369 e. The normalized spacial score (nSPS) is 10.3. The van der Waals surface area contributed by atoms with Gasteiger partial charge in [0.05, 0.1) is 17.1 Å². The van der Waals surface area contributed by atoms with Crippen LogP contribution < -0.4 is 5.73 Å². The average molecular weight is 253 g/mol. The molecular formula is C11H9ClN2OS. The van der Waals surface area contributed by atoms with Gasteiger partial charge in [-0.05, 0) is 6.07 Å². The molecule has 2 aromatic rings. The van der Waals surface area contributed by atoms with Crippen molar-refractivity contribution in [1.82, 2.24) is 4.98 Å². The Kier molecular flexibility index (Phi) is 3.22. The lowest BCUT2D eigenvalue weighted by Crippen LogP contribution is -2.13. The minimum atomic E-state index is -0.379. The van der Waals surface area contributed by atoms with Crippen LogP contribution in [0.5, 0.6) is 0 Å². The molecule has 1 aromatic heterocycles. The molecule has 5 heteroatoms. The van der Waals surface area contributed by atoms with Gasteiger partial charge in [0.15, 0.2) is 0 Å². The van der Waals surface area contributed by atoms with Gasteiger partial charge in [-0.25, -0.2) is 4.98 Å². The molecule has 3 nitrogen and oxygen atoms in total. The van der Waals surface area contributed by atoms with E-state index in [9.17, 15) is 4.79 Å². The van der Waals surface area contributed by atoms with Gasteiger partial charge < -0.3 is 5.73 Å². The van der Waals surface area contributed by atoms with Crippen molar-refractivity contribution in [2.24, 2.45) is 5.73 Å². The Morgan fingerprint density at radius 3 is 2.88 bits per heavy atom. The van der Waals surface area contributed by atoms with E-state index in [-0.39, 0.29) is 12.3 Å². The van der Waals surface area contributed by atoms with E-state index in [1.807, 2.05) is 29.6 Å². The molecule has 0 radical (unpaired) electrons. The van der Waals surface area contributed by atoms with Crippen LogP contribution in [-0.2, 0) is 11.2 Å². The quantitative estimate of drug-likeness (QED) is 0.913. The zero-order valence-electron chi connectivity index (χ0n) is 8.31. The summed E-state index contributed by atoms with van der Waals surface area (Å²) < 4.78 is 0. The highest BCUT2D eigenvalue weighted by molar-refractivity contribution is 7.13. The van der Waals surface area contributed by atoms with E-state index < -0.39 is 0 Å². The maximum atomic E-state index is 10.7. The van der Waals surface area contributed by atoms with Crippen LogP contribution in [0.15, 0.2) is 29.6 Å². The van der Waals surface area contributed by atoms with Crippen molar-refractivity contribution in [1.29, 1.82) is 0 Å². The van der Waals surface area contributed by atoms with Crippen molar-refractivity contribution in [3.05, 3.63) is 40.4 Å². The van der Waals surface area contributed by atoms with E-state index in [0.717, 1.165) is 10.6 Å². The van der Waals surface area contributed by atoms with Crippen molar-refractivity contribution in [3.63, 3.8) is 0 Å². The van der Waals surface area contributed by atoms with Gasteiger partial charge in [0.1, 0.15) is 5.01 Å². The second-order valence-electron chi connectivity index (χ2n) is 3.27. The van der Waals surface area contributed by atoms with Gasteiger partial charge in [0, 0.05) is 10.9 Å². The lowest BCUT2D eigenvalue weighted by molar-refractivity contribution is -0.117. The first kappa shape index (κ1) is 11.1. The topological polar surface area (TPSA) is 56.0 Å². The van der Waals surface area contributed by atoms with Gasteiger partial charge in [-0.15, -0.1) is 11.3 Å². The van der Waals surface area contributed by atoms with E-state index >= 15 is 0 Å². The van der Waals surface area contributed by atoms with E-state index in [4.69, 9.17) is 17.3 Å². The number of hydrogen-bond acceptors (Lipinski definition) is 3. The monoisotopic (exact) mass is 252 g/mol. The van der Waals surface area contributed by atoms with Crippen LogP contribution in [0.3, 0.4) is 0 Å². The second-order valence-corrected chi connectivity index (χ2v) is 4.53. The second kappa shape index (κ2) is 4.63.